The highest BCUT2D eigenvalue weighted by Gasteiger charge is 2.14. The molecule has 0 atom stereocenters. The van der Waals surface area contributed by atoms with Gasteiger partial charge >= 0.3 is 5.69 Å². The number of nitrogens with one attached hydrogen (secondary N) is 1. The predicted molar refractivity (Wildman–Crippen MR) is 90.8 cm³/mol. The van der Waals surface area contributed by atoms with Crippen molar-refractivity contribution in [3.8, 4) is 5.75 Å². The fourth-order valence-corrected chi connectivity index (χ4v) is 2.20. The van der Waals surface area contributed by atoms with Gasteiger partial charge in [-0.3, -0.25) is 14.9 Å². The number of hydrogen-bond donors (Lipinski definition) is 1. The Labute approximate surface area is 147 Å². The van der Waals surface area contributed by atoms with Crippen molar-refractivity contribution >= 4 is 41.0 Å². The summed E-state index contributed by atoms with van der Waals surface area (Å²) < 4.78 is 5.13. The fraction of sp³-hybridized carbons (Fsp3) is 0.0667. The molecular weight excluding hydrogens is 357 g/mol. The third-order valence-electron chi connectivity index (χ3n) is 2.80. The highest BCUT2D eigenvalue weighted by molar-refractivity contribution is 6.38. The van der Waals surface area contributed by atoms with Crippen LogP contribution in [-0.4, -0.2) is 23.7 Å². The van der Waals surface area contributed by atoms with Gasteiger partial charge in [0, 0.05) is 11.6 Å². The molecule has 2 aromatic rings. The quantitative estimate of drug-likeness (QED) is 0.480. The summed E-state index contributed by atoms with van der Waals surface area (Å²) in [7, 11) is 0. The lowest BCUT2D eigenvalue weighted by Crippen LogP contribution is -2.24. The Bertz CT molecular complexity index is 776. The number of hydrogen-bond acceptors (Lipinski definition) is 5. The summed E-state index contributed by atoms with van der Waals surface area (Å²) in [6.07, 6.45) is 1.30. The zero-order valence-corrected chi connectivity index (χ0v) is 13.6. The molecular formula is C15H11Cl2N3O4. The number of nitro groups is 1. The smallest absolute Gasteiger partial charge is 0.310 e. The van der Waals surface area contributed by atoms with E-state index in [1.165, 1.54) is 24.4 Å². The molecule has 0 bridgehead atoms. The van der Waals surface area contributed by atoms with Crippen LogP contribution in [0, 0.1) is 10.1 Å². The van der Waals surface area contributed by atoms with E-state index in [0.29, 0.717) is 15.6 Å². The van der Waals surface area contributed by atoms with Gasteiger partial charge in [-0.1, -0.05) is 41.4 Å². The van der Waals surface area contributed by atoms with Crippen molar-refractivity contribution < 1.29 is 14.5 Å². The van der Waals surface area contributed by atoms with E-state index in [0.717, 1.165) is 0 Å². The molecule has 9 heteroatoms. The molecule has 7 nitrogen and oxygen atoms in total. The summed E-state index contributed by atoms with van der Waals surface area (Å²) >= 11 is 11.9. The van der Waals surface area contributed by atoms with Crippen LogP contribution >= 0.6 is 23.2 Å². The van der Waals surface area contributed by atoms with Gasteiger partial charge in [-0.2, -0.15) is 5.10 Å². The van der Waals surface area contributed by atoms with Crippen molar-refractivity contribution in [2.24, 2.45) is 5.10 Å². The molecule has 124 valence electrons. The Kier molecular flexibility index (Phi) is 6.11. The maximum atomic E-state index is 11.7. The monoisotopic (exact) mass is 367 g/mol. The number of carbonyl (C=O) groups is 1. The van der Waals surface area contributed by atoms with Gasteiger partial charge in [0.15, 0.2) is 12.4 Å². The number of benzene rings is 2. The van der Waals surface area contributed by atoms with Crippen molar-refractivity contribution in [3.63, 3.8) is 0 Å². The maximum Gasteiger partial charge on any atom is 0.310 e. The van der Waals surface area contributed by atoms with Crippen LogP contribution in [0.4, 0.5) is 5.69 Å². The summed E-state index contributed by atoms with van der Waals surface area (Å²) in [5.41, 5.74) is 2.46. The molecule has 0 aliphatic carbocycles. The second-order valence-electron chi connectivity index (χ2n) is 4.44. The van der Waals surface area contributed by atoms with Crippen LogP contribution in [0.15, 0.2) is 47.6 Å². The predicted octanol–water partition coefficient (Wildman–Crippen LogP) is 3.43. The average molecular weight is 368 g/mol. The lowest BCUT2D eigenvalue weighted by Gasteiger charge is -2.05. The summed E-state index contributed by atoms with van der Waals surface area (Å²) in [5.74, 6) is -0.594. The first-order chi connectivity index (χ1) is 11.5. The number of carbonyl (C=O) groups excluding carboxylic acids is 1. The molecule has 0 aliphatic heterocycles. The Morgan fingerprint density at radius 3 is 2.54 bits per heavy atom. The van der Waals surface area contributed by atoms with E-state index in [2.05, 4.69) is 10.5 Å². The van der Waals surface area contributed by atoms with Gasteiger partial charge in [-0.05, 0) is 18.2 Å². The van der Waals surface area contributed by atoms with E-state index in [4.69, 9.17) is 27.9 Å². The van der Waals surface area contributed by atoms with E-state index in [9.17, 15) is 14.9 Å². The third kappa shape index (κ3) is 4.68. The molecule has 2 aromatic carbocycles. The molecule has 1 amide bonds. The number of nitro benzene ring substituents is 1. The van der Waals surface area contributed by atoms with Crippen molar-refractivity contribution in [3.05, 3.63) is 68.2 Å². The van der Waals surface area contributed by atoms with Crippen LogP contribution in [0.2, 0.25) is 10.0 Å². The lowest BCUT2D eigenvalue weighted by molar-refractivity contribution is -0.385. The Morgan fingerprint density at radius 2 is 1.88 bits per heavy atom. The first-order valence-electron chi connectivity index (χ1n) is 6.61. The maximum absolute atomic E-state index is 11.7. The van der Waals surface area contributed by atoms with Gasteiger partial charge in [-0.25, -0.2) is 5.43 Å². The number of nitrogens with zero attached hydrogens (tertiary/aromatic N) is 2. The molecule has 2 rings (SSSR count). The molecule has 0 heterocycles. The average Bonchev–Trinajstić information content (AvgIpc) is 2.56. The van der Waals surface area contributed by atoms with E-state index < -0.39 is 17.4 Å². The van der Waals surface area contributed by atoms with Gasteiger partial charge in [0.2, 0.25) is 0 Å². The minimum Gasteiger partial charge on any atom is -0.477 e. The highest BCUT2D eigenvalue weighted by Crippen LogP contribution is 2.25. The van der Waals surface area contributed by atoms with Crippen molar-refractivity contribution in [1.29, 1.82) is 0 Å². The molecule has 0 fully saturated rings. The van der Waals surface area contributed by atoms with Gasteiger partial charge in [0.05, 0.1) is 21.2 Å². The summed E-state index contributed by atoms with van der Waals surface area (Å²) in [6.45, 7) is -0.432. The van der Waals surface area contributed by atoms with Gasteiger partial charge in [0.25, 0.3) is 5.91 Å². The molecule has 0 aliphatic rings. The second kappa shape index (κ2) is 8.28. The van der Waals surface area contributed by atoms with Crippen LogP contribution in [0.3, 0.4) is 0 Å². The van der Waals surface area contributed by atoms with Crippen LogP contribution in [-0.2, 0) is 4.79 Å². The third-order valence-corrected chi connectivity index (χ3v) is 3.46. The Morgan fingerprint density at radius 1 is 1.21 bits per heavy atom. The van der Waals surface area contributed by atoms with E-state index in [1.807, 2.05) is 0 Å². The fourth-order valence-electron chi connectivity index (χ4n) is 1.71. The first-order valence-corrected chi connectivity index (χ1v) is 7.36. The Balaban J connectivity index is 1.93. The number of amides is 1. The van der Waals surface area contributed by atoms with E-state index >= 15 is 0 Å². The lowest BCUT2D eigenvalue weighted by atomic mass is 10.2. The summed E-state index contributed by atoms with van der Waals surface area (Å²) in [6, 6.07) is 10.7. The molecule has 0 saturated heterocycles. The minimum atomic E-state index is -0.592. The normalized spacial score (nSPS) is 10.6. The van der Waals surface area contributed by atoms with Crippen molar-refractivity contribution in [2.75, 3.05) is 6.61 Å². The summed E-state index contributed by atoms with van der Waals surface area (Å²) in [5, 5.41) is 15.3. The number of hydrazone groups is 1. The number of halogens is 2. The van der Waals surface area contributed by atoms with Gasteiger partial charge in [-0.15, -0.1) is 0 Å². The van der Waals surface area contributed by atoms with E-state index in [1.54, 1.807) is 24.3 Å². The molecule has 24 heavy (non-hydrogen) atoms. The van der Waals surface area contributed by atoms with Crippen molar-refractivity contribution in [2.45, 2.75) is 0 Å². The summed E-state index contributed by atoms with van der Waals surface area (Å²) in [4.78, 5) is 21.9. The van der Waals surface area contributed by atoms with Gasteiger partial charge in [0.1, 0.15) is 0 Å². The zero-order valence-electron chi connectivity index (χ0n) is 12.1. The van der Waals surface area contributed by atoms with E-state index in [-0.39, 0.29) is 11.4 Å². The molecule has 0 aromatic heterocycles. The van der Waals surface area contributed by atoms with Crippen LogP contribution in [0.1, 0.15) is 5.56 Å². The van der Waals surface area contributed by atoms with Crippen LogP contribution < -0.4 is 10.2 Å². The number of ether oxygens (including phenoxy) is 1. The van der Waals surface area contributed by atoms with Gasteiger partial charge < -0.3 is 4.74 Å². The topological polar surface area (TPSA) is 93.8 Å². The second-order valence-corrected chi connectivity index (χ2v) is 5.26. The highest BCUT2D eigenvalue weighted by atomic mass is 35.5. The SMILES string of the molecule is O=C(COc1ccccc1[N+](=O)[O-])N/N=C\c1c(Cl)cccc1Cl. The Hall–Kier alpha value is -2.64. The first kappa shape index (κ1) is 17.7. The van der Waals surface area contributed by atoms with Crippen molar-refractivity contribution in [1.82, 2.24) is 5.43 Å². The molecule has 0 unspecified atom stereocenters. The van der Waals surface area contributed by atoms with Crippen LogP contribution in [0.25, 0.3) is 0 Å². The molecule has 1 N–H and O–H groups in total. The number of para-hydroxylation sites is 2. The molecule has 0 saturated carbocycles. The zero-order chi connectivity index (χ0) is 17.5. The molecule has 0 spiro atoms. The minimum absolute atomic E-state index is 0.00391. The molecule has 0 radical (unpaired) electrons. The van der Waals surface area contributed by atoms with Crippen LogP contribution in [0.5, 0.6) is 5.75 Å². The number of rotatable bonds is 6. The standard InChI is InChI=1S/C15H11Cl2N3O4/c16-11-4-3-5-12(17)10(11)8-18-19-15(21)9-24-14-7-2-1-6-13(14)20(22)23/h1-8H,9H2,(H,19,21)/b18-8-. The largest absolute Gasteiger partial charge is 0.477 e.